The van der Waals surface area contributed by atoms with Gasteiger partial charge in [0, 0.05) is 24.2 Å². The summed E-state index contributed by atoms with van der Waals surface area (Å²) in [6.45, 7) is 3.29. The van der Waals surface area contributed by atoms with Crippen LogP contribution in [0.3, 0.4) is 0 Å². The topological polar surface area (TPSA) is 58.1 Å². The molecule has 3 rings (SSSR count). The van der Waals surface area contributed by atoms with Gasteiger partial charge in [0.05, 0.1) is 11.3 Å². The van der Waals surface area contributed by atoms with Gasteiger partial charge in [-0.2, -0.15) is 13.2 Å². The van der Waals surface area contributed by atoms with Gasteiger partial charge in [0.25, 0.3) is 5.91 Å². The van der Waals surface area contributed by atoms with Gasteiger partial charge in [-0.15, -0.1) is 0 Å². The summed E-state index contributed by atoms with van der Waals surface area (Å²) < 4.78 is 39.5. The van der Waals surface area contributed by atoms with Gasteiger partial charge >= 0.3 is 6.18 Å². The number of nitrogens with one attached hydrogen (secondary N) is 1. The molecule has 9 heteroatoms. The lowest BCUT2D eigenvalue weighted by molar-refractivity contribution is -0.136. The molecule has 1 aromatic carbocycles. The summed E-state index contributed by atoms with van der Waals surface area (Å²) in [6, 6.07) is 4.68. The summed E-state index contributed by atoms with van der Waals surface area (Å²) in [5.41, 5.74) is -1.36. The largest absolute Gasteiger partial charge is 0.418 e. The van der Waals surface area contributed by atoms with Gasteiger partial charge in [0.15, 0.2) is 0 Å². The van der Waals surface area contributed by atoms with Crippen molar-refractivity contribution in [3.05, 3.63) is 46.4 Å². The maximum atomic E-state index is 13.2. The van der Waals surface area contributed by atoms with E-state index in [2.05, 4.69) is 15.3 Å². The zero-order chi connectivity index (χ0) is 18.9. The Labute approximate surface area is 153 Å². The van der Waals surface area contributed by atoms with Crippen molar-refractivity contribution in [1.82, 2.24) is 9.97 Å². The van der Waals surface area contributed by atoms with Crippen LogP contribution in [0.25, 0.3) is 0 Å². The number of benzene rings is 1. The molecule has 0 atom stereocenters. The predicted molar refractivity (Wildman–Crippen MR) is 92.6 cm³/mol. The van der Waals surface area contributed by atoms with Crippen LogP contribution >= 0.6 is 11.6 Å². The number of hydrogen-bond acceptors (Lipinski definition) is 4. The van der Waals surface area contributed by atoms with Crippen LogP contribution < -0.4 is 10.2 Å². The Morgan fingerprint density at radius 1 is 1.19 bits per heavy atom. The van der Waals surface area contributed by atoms with Crippen LogP contribution in [0.5, 0.6) is 0 Å². The lowest BCUT2D eigenvalue weighted by atomic mass is 10.1. The van der Waals surface area contributed by atoms with E-state index in [4.69, 9.17) is 11.6 Å². The van der Waals surface area contributed by atoms with Crippen LogP contribution in [-0.2, 0) is 6.18 Å². The van der Waals surface area contributed by atoms with E-state index in [9.17, 15) is 18.0 Å². The molecule has 0 saturated carbocycles. The standard InChI is InChI=1S/C17H16ClF3N4O/c1-10-22-14(9-15(23-10)25-6-2-3-7-25)16(26)24-13-5-4-11(18)8-12(13)17(19,20)21/h4-5,8-9H,2-3,6-7H2,1H3,(H,24,26). The third kappa shape index (κ3) is 4.07. The Morgan fingerprint density at radius 3 is 2.54 bits per heavy atom. The molecule has 26 heavy (non-hydrogen) atoms. The first-order valence-corrected chi connectivity index (χ1v) is 8.40. The molecule has 0 bridgehead atoms. The van der Waals surface area contributed by atoms with Crippen molar-refractivity contribution in [2.45, 2.75) is 25.9 Å². The van der Waals surface area contributed by atoms with E-state index >= 15 is 0 Å². The first kappa shape index (κ1) is 18.4. The molecule has 138 valence electrons. The van der Waals surface area contributed by atoms with Crippen molar-refractivity contribution < 1.29 is 18.0 Å². The van der Waals surface area contributed by atoms with Crippen LogP contribution in [0.1, 0.15) is 34.7 Å². The lowest BCUT2D eigenvalue weighted by Crippen LogP contribution is -2.22. The number of aromatic nitrogens is 2. The number of amides is 1. The summed E-state index contributed by atoms with van der Waals surface area (Å²) in [4.78, 5) is 22.9. The van der Waals surface area contributed by atoms with E-state index in [-0.39, 0.29) is 16.4 Å². The van der Waals surface area contributed by atoms with E-state index in [1.54, 1.807) is 6.92 Å². The molecule has 1 aliphatic heterocycles. The normalized spacial score (nSPS) is 14.6. The summed E-state index contributed by atoms with van der Waals surface area (Å²) in [6.07, 6.45) is -2.58. The van der Waals surface area contributed by atoms with Gasteiger partial charge in [0.2, 0.25) is 0 Å². The van der Waals surface area contributed by atoms with Gasteiger partial charge < -0.3 is 10.2 Å². The van der Waals surface area contributed by atoms with Crippen molar-refractivity contribution in [3.63, 3.8) is 0 Å². The maximum absolute atomic E-state index is 13.2. The first-order valence-electron chi connectivity index (χ1n) is 8.03. The molecule has 0 aliphatic carbocycles. The third-order valence-corrected chi connectivity index (χ3v) is 4.26. The number of nitrogens with zero attached hydrogens (tertiary/aromatic N) is 3. The van der Waals surface area contributed by atoms with Crippen LogP contribution in [0.15, 0.2) is 24.3 Å². The quantitative estimate of drug-likeness (QED) is 0.856. The highest BCUT2D eigenvalue weighted by Crippen LogP contribution is 2.36. The van der Waals surface area contributed by atoms with Gasteiger partial charge in [-0.1, -0.05) is 11.6 Å². The number of carbonyl (C=O) groups is 1. The molecule has 1 N–H and O–H groups in total. The third-order valence-electron chi connectivity index (χ3n) is 4.02. The predicted octanol–water partition coefficient (Wildman–Crippen LogP) is 4.31. The van der Waals surface area contributed by atoms with Crippen molar-refractivity contribution in [3.8, 4) is 0 Å². The molecule has 5 nitrogen and oxygen atoms in total. The number of anilines is 2. The molecule has 2 heterocycles. The van der Waals surface area contributed by atoms with E-state index in [1.165, 1.54) is 12.1 Å². The lowest BCUT2D eigenvalue weighted by Gasteiger charge is -2.18. The number of alkyl halides is 3. The Kier molecular flexibility index (Phi) is 5.04. The molecule has 0 spiro atoms. The van der Waals surface area contributed by atoms with Gasteiger partial charge in [-0.25, -0.2) is 9.97 Å². The summed E-state index contributed by atoms with van der Waals surface area (Å²) in [5.74, 6) is 0.253. The van der Waals surface area contributed by atoms with Crippen molar-refractivity contribution >= 4 is 29.0 Å². The minimum absolute atomic E-state index is 0.0162. The van der Waals surface area contributed by atoms with Crippen LogP contribution in [0, 0.1) is 6.92 Å². The number of aryl methyl sites for hydroxylation is 1. The fraction of sp³-hybridized carbons (Fsp3) is 0.353. The summed E-state index contributed by atoms with van der Waals surface area (Å²) >= 11 is 5.65. The minimum Gasteiger partial charge on any atom is -0.356 e. The minimum atomic E-state index is -4.64. The molecule has 0 radical (unpaired) electrons. The van der Waals surface area contributed by atoms with Gasteiger partial charge in [-0.05, 0) is 38.0 Å². The van der Waals surface area contributed by atoms with E-state index < -0.39 is 17.6 Å². The molecular weight excluding hydrogens is 369 g/mol. The maximum Gasteiger partial charge on any atom is 0.418 e. The second-order valence-electron chi connectivity index (χ2n) is 5.99. The first-order chi connectivity index (χ1) is 12.2. The molecule has 0 unspecified atom stereocenters. The number of hydrogen-bond donors (Lipinski definition) is 1. The van der Waals surface area contributed by atoms with E-state index in [0.717, 1.165) is 38.1 Å². The van der Waals surface area contributed by atoms with Crippen molar-refractivity contribution in [2.24, 2.45) is 0 Å². The fourth-order valence-corrected chi connectivity index (χ4v) is 2.99. The monoisotopic (exact) mass is 384 g/mol. The zero-order valence-electron chi connectivity index (χ0n) is 13.9. The highest BCUT2D eigenvalue weighted by Gasteiger charge is 2.34. The second-order valence-corrected chi connectivity index (χ2v) is 6.43. The Hall–Kier alpha value is -2.35. The van der Waals surface area contributed by atoms with Gasteiger partial charge in [0.1, 0.15) is 17.3 Å². The number of rotatable bonds is 3. The molecule has 1 aromatic heterocycles. The molecular formula is C17H16ClF3N4O. The average Bonchev–Trinajstić information content (AvgIpc) is 3.09. The fourth-order valence-electron chi connectivity index (χ4n) is 2.82. The SMILES string of the molecule is Cc1nc(C(=O)Nc2ccc(Cl)cc2C(F)(F)F)cc(N2CCCC2)n1. The van der Waals surface area contributed by atoms with Crippen molar-refractivity contribution in [1.29, 1.82) is 0 Å². The highest BCUT2D eigenvalue weighted by molar-refractivity contribution is 6.30. The summed E-state index contributed by atoms with van der Waals surface area (Å²) in [5, 5.41) is 2.21. The Bertz CT molecular complexity index is 835. The van der Waals surface area contributed by atoms with Crippen LogP contribution in [0.4, 0.5) is 24.7 Å². The smallest absolute Gasteiger partial charge is 0.356 e. The molecule has 1 saturated heterocycles. The van der Waals surface area contributed by atoms with Crippen LogP contribution in [-0.4, -0.2) is 29.0 Å². The molecule has 1 amide bonds. The summed E-state index contributed by atoms with van der Waals surface area (Å²) in [7, 11) is 0. The number of carbonyl (C=O) groups excluding carboxylic acids is 1. The Balaban J connectivity index is 1.89. The Morgan fingerprint density at radius 2 is 1.88 bits per heavy atom. The van der Waals surface area contributed by atoms with E-state index in [0.29, 0.717) is 11.6 Å². The van der Waals surface area contributed by atoms with Gasteiger partial charge in [-0.3, -0.25) is 4.79 Å². The van der Waals surface area contributed by atoms with E-state index in [1.807, 2.05) is 4.90 Å². The van der Waals surface area contributed by atoms with Crippen molar-refractivity contribution in [2.75, 3.05) is 23.3 Å². The average molecular weight is 385 g/mol. The molecule has 1 aliphatic rings. The highest BCUT2D eigenvalue weighted by atomic mass is 35.5. The number of halogens is 4. The van der Waals surface area contributed by atoms with Crippen LogP contribution in [0.2, 0.25) is 5.02 Å². The second kappa shape index (κ2) is 7.11. The molecule has 1 fully saturated rings. The zero-order valence-corrected chi connectivity index (χ0v) is 14.7. The molecule has 2 aromatic rings.